The Labute approximate surface area is 128 Å². The second-order valence-electron chi connectivity index (χ2n) is 6.75. The first-order valence-electron chi connectivity index (χ1n) is 8.64. The maximum atomic E-state index is 12.8. The maximum absolute atomic E-state index is 12.8. The zero-order chi connectivity index (χ0) is 14.7. The summed E-state index contributed by atoms with van der Waals surface area (Å²) in [7, 11) is 2.00. The van der Waals surface area contributed by atoms with Gasteiger partial charge >= 0.3 is 0 Å². The molecule has 3 rings (SSSR count). The van der Waals surface area contributed by atoms with Gasteiger partial charge < -0.3 is 4.90 Å². The van der Waals surface area contributed by atoms with Gasteiger partial charge in [-0.1, -0.05) is 31.7 Å². The van der Waals surface area contributed by atoms with E-state index < -0.39 is 0 Å². The summed E-state index contributed by atoms with van der Waals surface area (Å²) in [4.78, 5) is 14.8. The van der Waals surface area contributed by atoms with Crippen molar-refractivity contribution in [3.8, 4) is 0 Å². The van der Waals surface area contributed by atoms with E-state index in [0.29, 0.717) is 6.04 Å². The van der Waals surface area contributed by atoms with Gasteiger partial charge in [-0.3, -0.25) is 4.79 Å². The minimum atomic E-state index is 0.218. The number of benzene rings is 1. The summed E-state index contributed by atoms with van der Waals surface area (Å²) in [6, 6.07) is 6.82. The van der Waals surface area contributed by atoms with Crippen LogP contribution < -0.4 is 0 Å². The van der Waals surface area contributed by atoms with Crippen molar-refractivity contribution in [3.05, 3.63) is 34.9 Å². The molecule has 2 nitrogen and oxygen atoms in total. The summed E-state index contributed by atoms with van der Waals surface area (Å²) in [5.74, 6) is 0.218. The molecule has 0 aliphatic heterocycles. The van der Waals surface area contributed by atoms with Gasteiger partial charge in [-0.2, -0.15) is 0 Å². The first-order valence-corrected chi connectivity index (χ1v) is 8.64. The van der Waals surface area contributed by atoms with E-state index >= 15 is 0 Å². The number of nitrogens with zero attached hydrogens (tertiary/aromatic N) is 1. The second kappa shape index (κ2) is 6.64. The van der Waals surface area contributed by atoms with Crippen LogP contribution in [0, 0.1) is 0 Å². The Bertz CT molecular complexity index is 500. The largest absolute Gasteiger partial charge is 0.339 e. The van der Waals surface area contributed by atoms with Crippen LogP contribution in [-0.4, -0.2) is 23.9 Å². The summed E-state index contributed by atoms with van der Waals surface area (Å²) in [6.45, 7) is 0. The summed E-state index contributed by atoms with van der Waals surface area (Å²) >= 11 is 0. The van der Waals surface area contributed by atoms with Crippen molar-refractivity contribution in [3.63, 3.8) is 0 Å². The molecule has 0 heterocycles. The fourth-order valence-corrected chi connectivity index (χ4v) is 3.88. The monoisotopic (exact) mass is 285 g/mol. The Hall–Kier alpha value is -1.31. The van der Waals surface area contributed by atoms with Gasteiger partial charge in [-0.25, -0.2) is 0 Å². The molecule has 0 atom stereocenters. The number of hydrogen-bond donors (Lipinski definition) is 0. The standard InChI is InChI=1S/C19H27NO/c1-20(18-10-4-2-3-5-11-18)19(21)17-13-12-15-8-6-7-9-16(15)14-17/h12-14,18H,2-11H2,1H3. The van der Waals surface area contributed by atoms with Crippen molar-refractivity contribution in [1.82, 2.24) is 4.90 Å². The molecule has 2 aliphatic rings. The highest BCUT2D eigenvalue weighted by atomic mass is 16.2. The van der Waals surface area contributed by atoms with Gasteiger partial charge in [-0.15, -0.1) is 0 Å². The molecular weight excluding hydrogens is 258 g/mol. The first-order chi connectivity index (χ1) is 10.3. The minimum Gasteiger partial charge on any atom is -0.339 e. The van der Waals surface area contributed by atoms with Gasteiger partial charge in [0.05, 0.1) is 0 Å². The molecule has 21 heavy (non-hydrogen) atoms. The van der Waals surface area contributed by atoms with Crippen LogP contribution in [0.1, 0.15) is 72.9 Å². The van der Waals surface area contributed by atoms with Crippen LogP contribution in [0.25, 0.3) is 0 Å². The lowest BCUT2D eigenvalue weighted by Gasteiger charge is -2.28. The van der Waals surface area contributed by atoms with Crippen molar-refractivity contribution in [2.75, 3.05) is 7.05 Å². The number of hydrogen-bond acceptors (Lipinski definition) is 1. The average Bonchev–Trinajstić information content (AvgIpc) is 2.82. The van der Waals surface area contributed by atoms with Gasteiger partial charge in [0.15, 0.2) is 0 Å². The van der Waals surface area contributed by atoms with Gasteiger partial charge in [0.25, 0.3) is 5.91 Å². The molecule has 0 aromatic heterocycles. The molecule has 0 bridgehead atoms. The van der Waals surface area contributed by atoms with Gasteiger partial charge in [0.2, 0.25) is 0 Å². The van der Waals surface area contributed by atoms with Crippen LogP contribution in [0.5, 0.6) is 0 Å². The highest BCUT2D eigenvalue weighted by Crippen LogP contribution is 2.25. The van der Waals surface area contributed by atoms with Crippen molar-refractivity contribution < 1.29 is 4.79 Å². The molecule has 1 aromatic carbocycles. The molecule has 1 saturated carbocycles. The van der Waals surface area contributed by atoms with Crippen LogP contribution in [0.4, 0.5) is 0 Å². The number of rotatable bonds is 2. The second-order valence-corrected chi connectivity index (χ2v) is 6.75. The fraction of sp³-hybridized carbons (Fsp3) is 0.632. The highest BCUT2D eigenvalue weighted by molar-refractivity contribution is 5.94. The highest BCUT2D eigenvalue weighted by Gasteiger charge is 2.23. The van der Waals surface area contributed by atoms with Gasteiger partial charge in [0.1, 0.15) is 0 Å². The Morgan fingerprint density at radius 2 is 1.62 bits per heavy atom. The van der Waals surface area contributed by atoms with E-state index in [2.05, 4.69) is 12.1 Å². The van der Waals surface area contributed by atoms with E-state index in [9.17, 15) is 4.79 Å². The lowest BCUT2D eigenvalue weighted by molar-refractivity contribution is 0.0717. The predicted octanol–water partition coefficient (Wildman–Crippen LogP) is 4.36. The van der Waals surface area contributed by atoms with Crippen LogP contribution in [0.2, 0.25) is 0 Å². The molecule has 0 N–H and O–H groups in total. The number of aryl methyl sites for hydroxylation is 2. The van der Waals surface area contributed by atoms with E-state index in [1.165, 1.54) is 68.9 Å². The predicted molar refractivity (Wildman–Crippen MR) is 86.7 cm³/mol. The van der Waals surface area contributed by atoms with Crippen molar-refractivity contribution in [1.29, 1.82) is 0 Å². The summed E-state index contributed by atoms with van der Waals surface area (Å²) < 4.78 is 0. The van der Waals surface area contributed by atoms with E-state index in [1.807, 2.05) is 18.0 Å². The van der Waals surface area contributed by atoms with Crippen LogP contribution in [-0.2, 0) is 12.8 Å². The molecular formula is C19H27NO. The normalized spacial score (nSPS) is 19.7. The summed E-state index contributed by atoms with van der Waals surface area (Å²) in [6.07, 6.45) is 12.4. The van der Waals surface area contributed by atoms with E-state index in [4.69, 9.17) is 0 Å². The molecule has 2 heteroatoms. The Morgan fingerprint density at radius 3 is 2.33 bits per heavy atom. The fourth-order valence-electron chi connectivity index (χ4n) is 3.88. The molecule has 0 saturated heterocycles. The van der Waals surface area contributed by atoms with Crippen LogP contribution >= 0.6 is 0 Å². The third kappa shape index (κ3) is 3.30. The topological polar surface area (TPSA) is 20.3 Å². The maximum Gasteiger partial charge on any atom is 0.253 e. The lowest BCUT2D eigenvalue weighted by atomic mass is 9.90. The van der Waals surface area contributed by atoms with Crippen molar-refractivity contribution in [2.45, 2.75) is 70.3 Å². The summed E-state index contributed by atoms with van der Waals surface area (Å²) in [5, 5.41) is 0. The molecule has 1 amide bonds. The summed E-state index contributed by atoms with van der Waals surface area (Å²) in [5.41, 5.74) is 3.75. The van der Waals surface area contributed by atoms with E-state index in [-0.39, 0.29) is 5.91 Å². The lowest BCUT2D eigenvalue weighted by Crippen LogP contribution is -2.36. The third-order valence-electron chi connectivity index (χ3n) is 5.29. The Kier molecular flexibility index (Phi) is 4.62. The zero-order valence-electron chi connectivity index (χ0n) is 13.2. The minimum absolute atomic E-state index is 0.218. The molecule has 0 unspecified atom stereocenters. The quantitative estimate of drug-likeness (QED) is 0.739. The molecule has 114 valence electrons. The smallest absolute Gasteiger partial charge is 0.253 e. The zero-order valence-corrected chi connectivity index (χ0v) is 13.2. The van der Waals surface area contributed by atoms with E-state index in [1.54, 1.807) is 0 Å². The Balaban J connectivity index is 1.74. The van der Waals surface area contributed by atoms with Crippen molar-refractivity contribution in [2.24, 2.45) is 0 Å². The van der Waals surface area contributed by atoms with Crippen LogP contribution in [0.3, 0.4) is 0 Å². The van der Waals surface area contributed by atoms with Gasteiger partial charge in [-0.05, 0) is 61.8 Å². The van der Waals surface area contributed by atoms with E-state index in [0.717, 1.165) is 12.0 Å². The molecule has 1 aromatic rings. The Morgan fingerprint density at radius 1 is 0.952 bits per heavy atom. The van der Waals surface area contributed by atoms with Crippen molar-refractivity contribution >= 4 is 5.91 Å². The van der Waals surface area contributed by atoms with Gasteiger partial charge in [0, 0.05) is 18.7 Å². The molecule has 1 fully saturated rings. The molecule has 2 aliphatic carbocycles. The number of fused-ring (bicyclic) bond motifs is 1. The number of carbonyl (C=O) groups is 1. The van der Waals surface area contributed by atoms with Crippen LogP contribution in [0.15, 0.2) is 18.2 Å². The number of amides is 1. The first kappa shape index (κ1) is 14.6. The molecule has 0 radical (unpaired) electrons. The SMILES string of the molecule is CN(C(=O)c1ccc2c(c1)CCCC2)C1CCCCCC1. The average molecular weight is 285 g/mol. The molecule has 0 spiro atoms. The third-order valence-corrected chi connectivity index (χ3v) is 5.29. The number of carbonyl (C=O) groups excluding carboxylic acids is 1.